The summed E-state index contributed by atoms with van der Waals surface area (Å²) in [7, 11) is 0. The summed E-state index contributed by atoms with van der Waals surface area (Å²) in [5.41, 5.74) is 11.6. The van der Waals surface area contributed by atoms with Gasteiger partial charge in [0.2, 0.25) is 23.6 Å². The Balaban J connectivity index is 3.11. The van der Waals surface area contributed by atoms with Gasteiger partial charge < -0.3 is 37.6 Å². The number of thioether (sulfide) groups is 1. The van der Waals surface area contributed by atoms with Crippen molar-refractivity contribution in [3.05, 3.63) is 35.9 Å². The average Bonchev–Trinajstić information content (AvgIpc) is 2.83. The van der Waals surface area contributed by atoms with Crippen LogP contribution in [0.3, 0.4) is 0 Å². The molecule has 9 N–H and O–H groups in total. The molecular formula is C23H35N5O7S. The van der Waals surface area contributed by atoms with Crippen LogP contribution in [-0.4, -0.2) is 82.1 Å². The molecule has 1 aromatic rings. The lowest BCUT2D eigenvalue weighted by Crippen LogP contribution is -2.58. The molecule has 0 saturated heterocycles. The van der Waals surface area contributed by atoms with E-state index in [1.807, 2.05) is 0 Å². The molecule has 5 unspecified atom stereocenters. The van der Waals surface area contributed by atoms with E-state index >= 15 is 0 Å². The third-order valence-electron chi connectivity index (χ3n) is 5.28. The van der Waals surface area contributed by atoms with Gasteiger partial charge in [-0.2, -0.15) is 11.8 Å². The summed E-state index contributed by atoms with van der Waals surface area (Å²) in [6.07, 6.45) is 0.392. The first kappa shape index (κ1) is 30.9. The van der Waals surface area contributed by atoms with E-state index in [-0.39, 0.29) is 25.7 Å². The number of nitrogens with two attached hydrogens (primary N) is 2. The summed E-state index contributed by atoms with van der Waals surface area (Å²) >= 11 is 1.41. The maximum atomic E-state index is 13.2. The van der Waals surface area contributed by atoms with Crippen molar-refractivity contribution in [3.63, 3.8) is 0 Å². The van der Waals surface area contributed by atoms with Crippen LogP contribution in [0.1, 0.15) is 31.7 Å². The Labute approximate surface area is 213 Å². The summed E-state index contributed by atoms with van der Waals surface area (Å²) in [6.45, 7) is 1.33. The second-order valence-electron chi connectivity index (χ2n) is 8.26. The van der Waals surface area contributed by atoms with Crippen molar-refractivity contribution in [2.24, 2.45) is 11.5 Å². The monoisotopic (exact) mass is 525 g/mol. The summed E-state index contributed by atoms with van der Waals surface area (Å²) in [5, 5.41) is 26.4. The summed E-state index contributed by atoms with van der Waals surface area (Å²) in [6, 6.07) is 3.79. The quantitative estimate of drug-likeness (QED) is 0.133. The van der Waals surface area contributed by atoms with E-state index < -0.39 is 59.9 Å². The van der Waals surface area contributed by atoms with Crippen molar-refractivity contribution in [2.75, 3.05) is 12.0 Å². The third-order valence-corrected chi connectivity index (χ3v) is 5.92. The van der Waals surface area contributed by atoms with Crippen molar-refractivity contribution >= 4 is 41.4 Å². The number of amides is 4. The molecule has 0 bridgehead atoms. The molecule has 0 aliphatic heterocycles. The molecule has 4 amide bonds. The topological polar surface area (TPSA) is 214 Å². The van der Waals surface area contributed by atoms with Crippen molar-refractivity contribution in [1.82, 2.24) is 16.0 Å². The van der Waals surface area contributed by atoms with Gasteiger partial charge in [-0.25, -0.2) is 4.79 Å². The first-order valence-electron chi connectivity index (χ1n) is 11.3. The van der Waals surface area contributed by atoms with Crippen molar-refractivity contribution < 1.29 is 34.2 Å². The van der Waals surface area contributed by atoms with E-state index in [9.17, 15) is 34.2 Å². The molecule has 0 aliphatic carbocycles. The van der Waals surface area contributed by atoms with Gasteiger partial charge in [0.1, 0.15) is 24.2 Å². The van der Waals surface area contributed by atoms with Gasteiger partial charge in [0.25, 0.3) is 0 Å². The SMILES string of the molecule is CSCCC(NC(=O)C(CCC(N)=O)NC(=O)C(Cc1ccccc1)NC(=O)C(N)C(C)O)C(=O)O. The molecule has 200 valence electrons. The van der Waals surface area contributed by atoms with Gasteiger partial charge in [0.15, 0.2) is 0 Å². The predicted molar refractivity (Wildman–Crippen MR) is 135 cm³/mol. The molecule has 36 heavy (non-hydrogen) atoms. The summed E-state index contributed by atoms with van der Waals surface area (Å²) in [5.74, 6) is -3.81. The first-order chi connectivity index (χ1) is 17.0. The number of carboxylic acids is 1. The Bertz CT molecular complexity index is 900. The fraction of sp³-hybridized carbons (Fsp3) is 0.522. The van der Waals surface area contributed by atoms with Crippen LogP contribution in [0.15, 0.2) is 30.3 Å². The number of rotatable bonds is 16. The highest BCUT2D eigenvalue weighted by Crippen LogP contribution is 2.08. The van der Waals surface area contributed by atoms with E-state index in [1.165, 1.54) is 18.7 Å². The number of hydrogen-bond donors (Lipinski definition) is 7. The Morgan fingerprint density at radius 2 is 1.47 bits per heavy atom. The van der Waals surface area contributed by atoms with Crippen LogP contribution in [0, 0.1) is 0 Å². The second kappa shape index (κ2) is 15.8. The second-order valence-corrected chi connectivity index (χ2v) is 9.25. The molecule has 13 heteroatoms. The van der Waals surface area contributed by atoms with E-state index in [2.05, 4.69) is 16.0 Å². The lowest BCUT2D eigenvalue weighted by Gasteiger charge is -2.25. The number of benzene rings is 1. The highest BCUT2D eigenvalue weighted by atomic mass is 32.2. The van der Waals surface area contributed by atoms with Gasteiger partial charge >= 0.3 is 5.97 Å². The number of aliphatic carboxylic acids is 1. The van der Waals surface area contributed by atoms with Gasteiger partial charge in [-0.15, -0.1) is 0 Å². The zero-order chi connectivity index (χ0) is 27.3. The predicted octanol–water partition coefficient (Wildman–Crippen LogP) is -1.51. The van der Waals surface area contributed by atoms with Gasteiger partial charge in [0.05, 0.1) is 6.10 Å². The lowest BCUT2D eigenvalue weighted by atomic mass is 10.0. The van der Waals surface area contributed by atoms with Crippen molar-refractivity contribution in [1.29, 1.82) is 0 Å². The highest BCUT2D eigenvalue weighted by molar-refractivity contribution is 7.98. The zero-order valence-electron chi connectivity index (χ0n) is 20.3. The molecule has 0 saturated carbocycles. The van der Waals surface area contributed by atoms with Crippen LogP contribution in [0.4, 0.5) is 0 Å². The van der Waals surface area contributed by atoms with E-state index in [0.29, 0.717) is 11.3 Å². The molecule has 1 aromatic carbocycles. The minimum atomic E-state index is -1.29. The molecule has 0 aliphatic rings. The molecule has 0 spiro atoms. The molecule has 12 nitrogen and oxygen atoms in total. The molecule has 0 aromatic heterocycles. The Kier molecular flexibility index (Phi) is 13.5. The minimum absolute atomic E-state index is 0.0422. The molecule has 0 radical (unpaired) electrons. The minimum Gasteiger partial charge on any atom is -0.480 e. The summed E-state index contributed by atoms with van der Waals surface area (Å²) < 4.78 is 0. The van der Waals surface area contributed by atoms with Crippen LogP contribution >= 0.6 is 11.8 Å². The highest BCUT2D eigenvalue weighted by Gasteiger charge is 2.31. The molecular weight excluding hydrogens is 490 g/mol. The fourth-order valence-electron chi connectivity index (χ4n) is 3.14. The summed E-state index contributed by atoms with van der Waals surface area (Å²) in [4.78, 5) is 61.4. The van der Waals surface area contributed by atoms with Gasteiger partial charge in [-0.1, -0.05) is 30.3 Å². The number of nitrogens with one attached hydrogen (secondary N) is 3. The van der Waals surface area contributed by atoms with E-state index in [1.54, 1.807) is 36.6 Å². The number of carbonyl (C=O) groups is 5. The van der Waals surface area contributed by atoms with Crippen LogP contribution in [-0.2, 0) is 30.4 Å². The van der Waals surface area contributed by atoms with E-state index in [0.717, 1.165) is 0 Å². The number of carboxylic acid groups (broad SMARTS) is 1. The maximum absolute atomic E-state index is 13.2. The standard InChI is InChI=1S/C23H35N5O7S/c1-13(29)19(25)22(33)28-17(12-14-6-4-3-5-7-14)21(32)26-15(8-9-18(24)30)20(31)27-16(23(34)35)10-11-36-2/h3-7,13,15-17,19,29H,8-12,25H2,1-2H3,(H2,24,30)(H,26,32)(H,27,31)(H,28,33)(H,34,35). The van der Waals surface area contributed by atoms with Crippen LogP contribution in [0.25, 0.3) is 0 Å². The molecule has 5 atom stereocenters. The van der Waals surface area contributed by atoms with E-state index in [4.69, 9.17) is 11.5 Å². The number of aliphatic hydroxyl groups excluding tert-OH is 1. The number of primary amides is 1. The third kappa shape index (κ3) is 11.1. The largest absolute Gasteiger partial charge is 0.480 e. The normalized spacial score (nSPS) is 15.0. The van der Waals surface area contributed by atoms with Crippen LogP contribution < -0.4 is 27.4 Å². The zero-order valence-corrected chi connectivity index (χ0v) is 21.1. The first-order valence-corrected chi connectivity index (χ1v) is 12.7. The lowest BCUT2D eigenvalue weighted by molar-refractivity contribution is -0.142. The Morgan fingerprint density at radius 3 is 2.00 bits per heavy atom. The smallest absolute Gasteiger partial charge is 0.326 e. The molecule has 0 heterocycles. The van der Waals surface area contributed by atoms with Gasteiger partial charge in [-0.3, -0.25) is 19.2 Å². The number of aliphatic hydroxyl groups is 1. The number of carbonyl (C=O) groups excluding carboxylic acids is 4. The van der Waals surface area contributed by atoms with Gasteiger partial charge in [0, 0.05) is 12.8 Å². The fourth-order valence-corrected chi connectivity index (χ4v) is 3.61. The van der Waals surface area contributed by atoms with Crippen LogP contribution in [0.2, 0.25) is 0 Å². The molecule has 1 rings (SSSR count). The van der Waals surface area contributed by atoms with Crippen LogP contribution in [0.5, 0.6) is 0 Å². The van der Waals surface area contributed by atoms with Crippen molar-refractivity contribution in [3.8, 4) is 0 Å². The Morgan fingerprint density at radius 1 is 0.917 bits per heavy atom. The molecule has 0 fully saturated rings. The van der Waals surface area contributed by atoms with Crippen molar-refractivity contribution in [2.45, 2.75) is 62.9 Å². The van der Waals surface area contributed by atoms with Gasteiger partial charge in [-0.05, 0) is 37.3 Å². The average molecular weight is 526 g/mol. The number of hydrogen-bond acceptors (Lipinski definition) is 8. The Hall–Kier alpha value is -3.16. The maximum Gasteiger partial charge on any atom is 0.326 e.